The Morgan fingerprint density at radius 1 is 1.33 bits per heavy atom. The van der Waals surface area contributed by atoms with Crippen LogP contribution in [0.3, 0.4) is 0 Å². The van der Waals surface area contributed by atoms with Crippen LogP contribution in [0.2, 0.25) is 0 Å². The predicted octanol–water partition coefficient (Wildman–Crippen LogP) is 1.21. The quantitative estimate of drug-likeness (QED) is 0.781. The first-order valence-electron chi connectivity index (χ1n) is 6.94. The lowest BCUT2D eigenvalue weighted by molar-refractivity contribution is -0.125. The first-order valence-corrected chi connectivity index (χ1v) is 6.94. The number of hydrogen-bond donors (Lipinski definition) is 3. The van der Waals surface area contributed by atoms with Gasteiger partial charge < -0.3 is 16.4 Å². The Kier molecular flexibility index (Phi) is 6.65. The highest BCUT2D eigenvalue weighted by molar-refractivity contribution is 5.94. The van der Waals surface area contributed by atoms with Gasteiger partial charge in [0.05, 0.1) is 0 Å². The van der Waals surface area contributed by atoms with E-state index in [-0.39, 0.29) is 36.2 Å². The predicted molar refractivity (Wildman–Crippen MR) is 84.2 cm³/mol. The van der Waals surface area contributed by atoms with E-state index >= 15 is 0 Å². The zero-order valence-corrected chi connectivity index (χ0v) is 12.9. The van der Waals surface area contributed by atoms with E-state index in [1.165, 1.54) is 0 Å². The summed E-state index contributed by atoms with van der Waals surface area (Å²) in [6, 6.07) is 7.41. The monoisotopic (exact) mass is 311 g/mol. The molecule has 1 aliphatic rings. The van der Waals surface area contributed by atoms with E-state index in [1.54, 1.807) is 19.2 Å². The number of nitrogens with two attached hydrogens (primary N) is 1. The van der Waals surface area contributed by atoms with Crippen LogP contribution in [0.1, 0.15) is 35.2 Å². The summed E-state index contributed by atoms with van der Waals surface area (Å²) in [6.07, 6.45) is 2.56. The molecule has 5 nitrogen and oxygen atoms in total. The molecule has 0 heterocycles. The van der Waals surface area contributed by atoms with E-state index in [4.69, 9.17) is 5.73 Å². The fourth-order valence-electron chi connectivity index (χ4n) is 2.55. The maximum absolute atomic E-state index is 12.0. The molecular formula is C15H22ClN3O2. The molecule has 1 saturated carbocycles. The summed E-state index contributed by atoms with van der Waals surface area (Å²) >= 11 is 0. The third-order valence-electron chi connectivity index (χ3n) is 3.73. The van der Waals surface area contributed by atoms with E-state index in [1.807, 2.05) is 12.1 Å². The van der Waals surface area contributed by atoms with Crippen LogP contribution in [0.4, 0.5) is 0 Å². The van der Waals surface area contributed by atoms with Crippen molar-refractivity contribution in [2.24, 2.45) is 11.7 Å². The fraction of sp³-hybridized carbons (Fsp3) is 0.467. The van der Waals surface area contributed by atoms with Crippen molar-refractivity contribution >= 4 is 24.2 Å². The second kappa shape index (κ2) is 8.00. The normalized spacial score (nSPS) is 20.5. The Balaban J connectivity index is 0.00000220. The van der Waals surface area contributed by atoms with Crippen molar-refractivity contribution in [1.82, 2.24) is 10.6 Å². The third kappa shape index (κ3) is 4.72. The summed E-state index contributed by atoms with van der Waals surface area (Å²) in [5, 5.41) is 5.50. The number of carbonyl (C=O) groups is 2. The minimum absolute atomic E-state index is 0. The van der Waals surface area contributed by atoms with Gasteiger partial charge in [0.1, 0.15) is 0 Å². The van der Waals surface area contributed by atoms with Gasteiger partial charge in [-0.2, -0.15) is 0 Å². The Labute approximate surface area is 131 Å². The van der Waals surface area contributed by atoms with Gasteiger partial charge in [0.25, 0.3) is 5.91 Å². The molecule has 4 N–H and O–H groups in total. The third-order valence-corrected chi connectivity index (χ3v) is 3.73. The molecular weight excluding hydrogens is 290 g/mol. The van der Waals surface area contributed by atoms with Gasteiger partial charge in [0.2, 0.25) is 5.91 Å². The lowest BCUT2D eigenvalue weighted by atomic mass is 10.1. The molecule has 2 rings (SSSR count). The van der Waals surface area contributed by atoms with Crippen LogP contribution < -0.4 is 16.4 Å². The summed E-state index contributed by atoms with van der Waals surface area (Å²) in [7, 11) is 1.60. The van der Waals surface area contributed by atoms with Crippen molar-refractivity contribution in [3.05, 3.63) is 35.4 Å². The topological polar surface area (TPSA) is 84.2 Å². The maximum atomic E-state index is 12.0. The Morgan fingerprint density at radius 3 is 2.71 bits per heavy atom. The zero-order valence-electron chi connectivity index (χ0n) is 12.1. The van der Waals surface area contributed by atoms with Crippen LogP contribution in [0.25, 0.3) is 0 Å². The molecule has 0 saturated heterocycles. The summed E-state index contributed by atoms with van der Waals surface area (Å²) < 4.78 is 0. The standard InChI is InChI=1S/C15H21N3O2.ClH/c1-17-14(19)11-4-2-3-10(7-11)9-18-15(20)12-5-6-13(16)8-12;/h2-4,7,12-13H,5-6,8-9,16H2,1H3,(H,17,19)(H,18,20);1H. The minimum atomic E-state index is -0.125. The molecule has 1 aromatic rings. The summed E-state index contributed by atoms with van der Waals surface area (Å²) in [5.74, 6) is -0.0321. The largest absolute Gasteiger partial charge is 0.355 e. The summed E-state index contributed by atoms with van der Waals surface area (Å²) in [6.45, 7) is 0.440. The van der Waals surface area contributed by atoms with Gasteiger partial charge in [0.15, 0.2) is 0 Å². The van der Waals surface area contributed by atoms with Gasteiger partial charge in [-0.1, -0.05) is 12.1 Å². The second-order valence-electron chi connectivity index (χ2n) is 5.27. The van der Waals surface area contributed by atoms with Crippen LogP contribution in [-0.4, -0.2) is 24.9 Å². The molecule has 116 valence electrons. The average molecular weight is 312 g/mol. The Morgan fingerprint density at radius 2 is 2.10 bits per heavy atom. The number of carbonyl (C=O) groups excluding carboxylic acids is 2. The fourth-order valence-corrected chi connectivity index (χ4v) is 2.55. The van der Waals surface area contributed by atoms with Gasteiger partial charge in [-0.15, -0.1) is 12.4 Å². The summed E-state index contributed by atoms with van der Waals surface area (Å²) in [4.78, 5) is 23.5. The molecule has 1 aromatic carbocycles. The SMILES string of the molecule is CNC(=O)c1cccc(CNC(=O)C2CCC(N)C2)c1.Cl. The summed E-state index contributed by atoms with van der Waals surface area (Å²) in [5.41, 5.74) is 7.33. The molecule has 0 aliphatic heterocycles. The highest BCUT2D eigenvalue weighted by Gasteiger charge is 2.27. The Hall–Kier alpha value is -1.59. The molecule has 0 aromatic heterocycles. The van der Waals surface area contributed by atoms with Crippen LogP contribution in [0.5, 0.6) is 0 Å². The van der Waals surface area contributed by atoms with Crippen LogP contribution in [0, 0.1) is 5.92 Å². The highest BCUT2D eigenvalue weighted by atomic mass is 35.5. The lowest BCUT2D eigenvalue weighted by Gasteiger charge is -2.11. The van der Waals surface area contributed by atoms with Crippen LogP contribution in [0.15, 0.2) is 24.3 Å². The second-order valence-corrected chi connectivity index (χ2v) is 5.27. The van der Waals surface area contributed by atoms with Gasteiger partial charge in [-0.3, -0.25) is 9.59 Å². The molecule has 21 heavy (non-hydrogen) atoms. The van der Waals surface area contributed by atoms with Crippen molar-refractivity contribution in [2.45, 2.75) is 31.8 Å². The molecule has 1 aliphatic carbocycles. The molecule has 0 spiro atoms. The van der Waals surface area contributed by atoms with E-state index in [0.717, 1.165) is 24.8 Å². The van der Waals surface area contributed by atoms with Gasteiger partial charge >= 0.3 is 0 Å². The number of benzene rings is 1. The maximum Gasteiger partial charge on any atom is 0.251 e. The first-order chi connectivity index (χ1) is 9.60. The smallest absolute Gasteiger partial charge is 0.251 e. The van der Waals surface area contributed by atoms with E-state index in [9.17, 15) is 9.59 Å². The molecule has 2 atom stereocenters. The van der Waals surface area contributed by atoms with Gasteiger partial charge in [0, 0.05) is 31.1 Å². The Bertz CT molecular complexity index is 507. The van der Waals surface area contributed by atoms with Crippen LogP contribution in [-0.2, 0) is 11.3 Å². The van der Waals surface area contributed by atoms with E-state index in [2.05, 4.69) is 10.6 Å². The number of rotatable bonds is 4. The molecule has 2 unspecified atom stereocenters. The van der Waals surface area contributed by atoms with Crippen molar-refractivity contribution in [3.8, 4) is 0 Å². The number of halogens is 1. The molecule has 0 bridgehead atoms. The van der Waals surface area contributed by atoms with Crippen molar-refractivity contribution in [2.75, 3.05) is 7.05 Å². The number of hydrogen-bond acceptors (Lipinski definition) is 3. The number of nitrogens with one attached hydrogen (secondary N) is 2. The minimum Gasteiger partial charge on any atom is -0.355 e. The van der Waals surface area contributed by atoms with Crippen molar-refractivity contribution < 1.29 is 9.59 Å². The molecule has 0 radical (unpaired) electrons. The van der Waals surface area contributed by atoms with Crippen molar-refractivity contribution in [3.63, 3.8) is 0 Å². The first kappa shape index (κ1) is 17.5. The van der Waals surface area contributed by atoms with Gasteiger partial charge in [-0.25, -0.2) is 0 Å². The molecule has 2 amide bonds. The average Bonchev–Trinajstić information content (AvgIpc) is 2.91. The van der Waals surface area contributed by atoms with Crippen molar-refractivity contribution in [1.29, 1.82) is 0 Å². The molecule has 1 fully saturated rings. The van der Waals surface area contributed by atoms with Gasteiger partial charge in [-0.05, 0) is 37.0 Å². The molecule has 6 heteroatoms. The highest BCUT2D eigenvalue weighted by Crippen LogP contribution is 2.24. The van der Waals surface area contributed by atoms with E-state index < -0.39 is 0 Å². The number of amides is 2. The van der Waals surface area contributed by atoms with Crippen LogP contribution >= 0.6 is 12.4 Å². The van der Waals surface area contributed by atoms with E-state index in [0.29, 0.717) is 12.1 Å². The lowest BCUT2D eigenvalue weighted by Crippen LogP contribution is -2.30. The zero-order chi connectivity index (χ0) is 14.5.